The second-order valence-electron chi connectivity index (χ2n) is 6.02. The zero-order valence-corrected chi connectivity index (χ0v) is 18.0. The van der Waals surface area contributed by atoms with E-state index in [1.54, 1.807) is 6.92 Å². The van der Waals surface area contributed by atoms with E-state index in [1.807, 2.05) is 20.8 Å². The smallest absolute Gasteiger partial charge is 0.462 e. The summed E-state index contributed by atoms with van der Waals surface area (Å²) in [7, 11) is -2.65. The molecule has 1 atom stereocenters. The third-order valence-electron chi connectivity index (χ3n) is 3.75. The highest BCUT2D eigenvalue weighted by atomic mass is 28.4. The van der Waals surface area contributed by atoms with E-state index >= 15 is 0 Å². The predicted octanol–water partition coefficient (Wildman–Crippen LogP) is 2.24. The fourth-order valence-electron chi connectivity index (χ4n) is 2.61. The molecular weight excluding hydrogens is 352 g/mol. The lowest BCUT2D eigenvalue weighted by atomic mass is 10.1. The van der Waals surface area contributed by atoms with Crippen LogP contribution in [0.3, 0.4) is 0 Å². The molecular formula is C18H38N2O5Si. The zero-order valence-electron chi connectivity index (χ0n) is 17.0. The van der Waals surface area contributed by atoms with Crippen molar-refractivity contribution < 1.29 is 22.8 Å². The maximum atomic E-state index is 11.4. The van der Waals surface area contributed by atoms with Gasteiger partial charge in [-0.2, -0.15) is 0 Å². The van der Waals surface area contributed by atoms with E-state index < -0.39 is 8.80 Å². The van der Waals surface area contributed by atoms with Gasteiger partial charge in [0.25, 0.3) is 0 Å². The molecule has 0 saturated heterocycles. The summed E-state index contributed by atoms with van der Waals surface area (Å²) in [5, 5.41) is 3.45. The van der Waals surface area contributed by atoms with Gasteiger partial charge in [-0.3, -0.25) is 0 Å². The number of nitrogens with two attached hydrogens (primary N) is 1. The van der Waals surface area contributed by atoms with Crippen LogP contribution in [0.2, 0.25) is 6.04 Å². The van der Waals surface area contributed by atoms with E-state index in [1.165, 1.54) is 0 Å². The minimum Gasteiger partial charge on any atom is -0.462 e. The van der Waals surface area contributed by atoms with Gasteiger partial charge < -0.3 is 29.1 Å². The Morgan fingerprint density at radius 3 is 2.15 bits per heavy atom. The Labute approximate surface area is 160 Å². The molecule has 0 aliphatic heterocycles. The number of hydrogen-bond acceptors (Lipinski definition) is 7. The van der Waals surface area contributed by atoms with E-state index in [0.29, 0.717) is 38.5 Å². The van der Waals surface area contributed by atoms with Gasteiger partial charge in [-0.25, -0.2) is 4.79 Å². The molecule has 0 rings (SSSR count). The minimum absolute atomic E-state index is 0.246. The van der Waals surface area contributed by atoms with Crippen LogP contribution in [0.5, 0.6) is 0 Å². The van der Waals surface area contributed by atoms with Crippen LogP contribution < -0.4 is 11.1 Å². The van der Waals surface area contributed by atoms with Crippen LogP contribution in [-0.2, 0) is 22.8 Å². The Hall–Kier alpha value is -0.773. The Morgan fingerprint density at radius 1 is 1.12 bits per heavy atom. The monoisotopic (exact) mass is 390 g/mol. The van der Waals surface area contributed by atoms with Gasteiger partial charge in [-0.15, -0.1) is 0 Å². The van der Waals surface area contributed by atoms with Crippen LogP contribution in [0, 0.1) is 0 Å². The molecule has 0 aromatic rings. The van der Waals surface area contributed by atoms with Crippen molar-refractivity contribution >= 4 is 14.8 Å². The summed E-state index contributed by atoms with van der Waals surface area (Å²) in [5.41, 5.74) is 6.04. The van der Waals surface area contributed by atoms with E-state index in [0.717, 1.165) is 31.9 Å². The summed E-state index contributed by atoms with van der Waals surface area (Å²) in [6.45, 7) is 14.5. The normalized spacial score (nSPS) is 12.8. The molecule has 0 amide bonds. The molecule has 8 heteroatoms. The molecule has 0 bridgehead atoms. The number of carbonyl (C=O) groups is 1. The first-order chi connectivity index (χ1) is 12.4. The molecule has 26 heavy (non-hydrogen) atoms. The maximum absolute atomic E-state index is 11.4. The summed E-state index contributed by atoms with van der Waals surface area (Å²) >= 11 is 0. The molecule has 0 aromatic heterocycles. The van der Waals surface area contributed by atoms with Gasteiger partial charge in [0.1, 0.15) is 0 Å². The van der Waals surface area contributed by atoms with Crippen LogP contribution in [0.1, 0.15) is 47.0 Å². The second-order valence-corrected chi connectivity index (χ2v) is 8.75. The highest BCUT2D eigenvalue weighted by Gasteiger charge is 2.40. The molecule has 0 radical (unpaired) electrons. The van der Waals surface area contributed by atoms with E-state index in [2.05, 4.69) is 11.9 Å². The average molecular weight is 391 g/mol. The molecule has 0 aliphatic rings. The van der Waals surface area contributed by atoms with Crippen molar-refractivity contribution in [3.63, 3.8) is 0 Å². The molecule has 7 nitrogen and oxygen atoms in total. The molecule has 0 heterocycles. The van der Waals surface area contributed by atoms with Crippen molar-refractivity contribution in [2.45, 2.75) is 59.0 Å². The Bertz CT molecular complexity index is 379. The third-order valence-corrected chi connectivity index (χ3v) is 6.83. The van der Waals surface area contributed by atoms with Gasteiger partial charge >= 0.3 is 14.8 Å². The summed E-state index contributed by atoms with van der Waals surface area (Å²) in [5.74, 6) is -0.341. The fraction of sp³-hybridized carbons (Fsp3) is 0.833. The van der Waals surface area contributed by atoms with Gasteiger partial charge in [0.2, 0.25) is 0 Å². The van der Waals surface area contributed by atoms with Crippen molar-refractivity contribution in [2.75, 3.05) is 39.5 Å². The lowest BCUT2D eigenvalue weighted by Crippen LogP contribution is -2.47. The van der Waals surface area contributed by atoms with Crippen molar-refractivity contribution in [2.24, 2.45) is 5.73 Å². The highest BCUT2D eigenvalue weighted by Crippen LogP contribution is 2.20. The molecule has 0 fully saturated rings. The van der Waals surface area contributed by atoms with Gasteiger partial charge in [0.05, 0.1) is 6.61 Å². The molecule has 154 valence electrons. The largest absolute Gasteiger partial charge is 0.500 e. The van der Waals surface area contributed by atoms with Crippen LogP contribution in [0.25, 0.3) is 0 Å². The van der Waals surface area contributed by atoms with Crippen LogP contribution in [0.4, 0.5) is 0 Å². The van der Waals surface area contributed by atoms with Crippen molar-refractivity contribution in [3.8, 4) is 0 Å². The van der Waals surface area contributed by atoms with Crippen LogP contribution in [0.15, 0.2) is 12.2 Å². The number of carbonyl (C=O) groups excluding carboxylic acids is 1. The van der Waals surface area contributed by atoms with E-state index in [-0.39, 0.29) is 12.0 Å². The first-order valence-corrected chi connectivity index (χ1v) is 11.6. The van der Waals surface area contributed by atoms with E-state index in [9.17, 15) is 4.79 Å². The first-order valence-electron chi connectivity index (χ1n) is 9.62. The summed E-state index contributed by atoms with van der Waals surface area (Å²) in [6, 6.07) is 0.992. The van der Waals surface area contributed by atoms with Gasteiger partial charge in [0, 0.05) is 50.6 Å². The molecule has 0 spiro atoms. The van der Waals surface area contributed by atoms with E-state index in [4.69, 9.17) is 23.7 Å². The SMILES string of the molecule is C=C(C)C(=O)OCCCC(CC[Si](OCC)(OCC)OCC)NCCN. The lowest BCUT2D eigenvalue weighted by molar-refractivity contribution is -0.139. The van der Waals surface area contributed by atoms with Gasteiger partial charge in [-0.1, -0.05) is 6.58 Å². The molecule has 0 aliphatic carbocycles. The summed E-state index contributed by atoms with van der Waals surface area (Å²) in [6.07, 6.45) is 2.51. The first kappa shape index (κ1) is 25.2. The number of nitrogens with one attached hydrogen (secondary N) is 1. The lowest BCUT2D eigenvalue weighted by Gasteiger charge is -2.30. The number of hydrogen-bond donors (Lipinski definition) is 2. The molecule has 0 saturated carbocycles. The zero-order chi connectivity index (χ0) is 19.8. The molecule has 3 N–H and O–H groups in total. The van der Waals surface area contributed by atoms with Crippen LogP contribution >= 0.6 is 0 Å². The molecule has 0 aromatic carbocycles. The minimum atomic E-state index is -2.65. The van der Waals surface area contributed by atoms with Gasteiger partial charge in [-0.05, 0) is 47.0 Å². The third kappa shape index (κ3) is 11.0. The van der Waals surface area contributed by atoms with Crippen LogP contribution in [-0.4, -0.2) is 60.3 Å². The second kappa shape index (κ2) is 15.3. The Balaban J connectivity index is 4.59. The summed E-state index contributed by atoms with van der Waals surface area (Å²) < 4.78 is 22.9. The Kier molecular flexibility index (Phi) is 14.8. The standard InChI is InChI=1S/C18H38N2O5Si/c1-6-23-26(24-7-2,25-8-3)15-11-17(20-13-12-19)10-9-14-22-18(21)16(4)5/h17,20H,4,6-15,19H2,1-3,5H3. The number of ether oxygens (including phenoxy) is 1. The van der Waals surface area contributed by atoms with Crippen molar-refractivity contribution in [1.29, 1.82) is 0 Å². The maximum Gasteiger partial charge on any atom is 0.500 e. The highest BCUT2D eigenvalue weighted by molar-refractivity contribution is 6.60. The molecule has 1 unspecified atom stereocenters. The summed E-state index contributed by atoms with van der Waals surface area (Å²) in [4.78, 5) is 11.4. The van der Waals surface area contributed by atoms with Crippen molar-refractivity contribution in [3.05, 3.63) is 12.2 Å². The topological polar surface area (TPSA) is 92.0 Å². The predicted molar refractivity (Wildman–Crippen MR) is 106 cm³/mol. The fourth-order valence-corrected chi connectivity index (χ4v) is 5.31. The average Bonchev–Trinajstić information content (AvgIpc) is 2.60. The number of esters is 1. The van der Waals surface area contributed by atoms with Gasteiger partial charge in [0.15, 0.2) is 0 Å². The quantitative estimate of drug-likeness (QED) is 0.170. The Morgan fingerprint density at radius 2 is 1.69 bits per heavy atom. The number of rotatable bonds is 17. The van der Waals surface area contributed by atoms with Crippen molar-refractivity contribution in [1.82, 2.24) is 5.32 Å².